The van der Waals surface area contributed by atoms with Gasteiger partial charge in [-0.05, 0) is 43.3 Å². The van der Waals surface area contributed by atoms with Gasteiger partial charge >= 0.3 is 0 Å². The van der Waals surface area contributed by atoms with Crippen molar-refractivity contribution in [2.24, 2.45) is 5.14 Å². The van der Waals surface area contributed by atoms with Gasteiger partial charge in [0.15, 0.2) is 5.16 Å². The number of nitriles is 1. The summed E-state index contributed by atoms with van der Waals surface area (Å²) in [5.74, 6) is -0.404. The van der Waals surface area contributed by atoms with Crippen molar-refractivity contribution in [2.75, 3.05) is 5.32 Å². The molecule has 3 aromatic rings. The number of benzene rings is 2. The molecule has 0 bridgehead atoms. The van der Waals surface area contributed by atoms with E-state index in [1.807, 2.05) is 6.07 Å². The van der Waals surface area contributed by atoms with Gasteiger partial charge in [0, 0.05) is 16.3 Å². The van der Waals surface area contributed by atoms with Crippen molar-refractivity contribution < 1.29 is 13.2 Å². The lowest BCUT2D eigenvalue weighted by Crippen LogP contribution is -2.24. The first-order chi connectivity index (χ1) is 15.1. The Hall–Kier alpha value is -3.17. The second-order valence-electron chi connectivity index (χ2n) is 6.53. The lowest BCUT2D eigenvalue weighted by atomic mass is 10.1. The number of aromatic nitrogens is 2. The number of halogens is 1. The molecule has 2 aromatic carbocycles. The molecule has 1 atom stereocenters. The van der Waals surface area contributed by atoms with Gasteiger partial charge < -0.3 is 10.3 Å². The minimum absolute atomic E-state index is 0.0768. The van der Waals surface area contributed by atoms with Crippen LogP contribution in [0.15, 0.2) is 63.4 Å². The van der Waals surface area contributed by atoms with Crippen LogP contribution in [0.2, 0.25) is 5.02 Å². The van der Waals surface area contributed by atoms with Crippen molar-refractivity contribution in [3.8, 4) is 17.3 Å². The van der Waals surface area contributed by atoms with Crippen molar-refractivity contribution in [2.45, 2.75) is 22.2 Å². The van der Waals surface area contributed by atoms with Crippen LogP contribution in [0, 0.1) is 11.3 Å². The zero-order valence-corrected chi connectivity index (χ0v) is 18.9. The van der Waals surface area contributed by atoms with Gasteiger partial charge in [-0.25, -0.2) is 18.5 Å². The molecule has 9 nitrogen and oxygen atoms in total. The third-order valence-corrected chi connectivity index (χ3v) is 6.40. The molecule has 0 unspecified atom stereocenters. The van der Waals surface area contributed by atoms with Gasteiger partial charge in [-0.3, -0.25) is 9.59 Å². The minimum atomic E-state index is -3.83. The Labute approximate surface area is 192 Å². The number of amides is 1. The third kappa shape index (κ3) is 5.54. The molecule has 164 valence electrons. The topological polar surface area (TPSA) is 159 Å². The number of aromatic amines is 1. The molecular formula is C20H16ClN5O4S2. The Kier molecular flexibility index (Phi) is 7.00. The van der Waals surface area contributed by atoms with E-state index in [1.54, 1.807) is 31.2 Å². The number of carbonyl (C=O) groups excluding carboxylic acids is 1. The van der Waals surface area contributed by atoms with Gasteiger partial charge in [0.05, 0.1) is 15.8 Å². The van der Waals surface area contributed by atoms with Crippen LogP contribution in [0.5, 0.6) is 0 Å². The average molecular weight is 490 g/mol. The van der Waals surface area contributed by atoms with Crippen LogP contribution in [-0.4, -0.2) is 29.5 Å². The Bertz CT molecular complexity index is 1370. The summed E-state index contributed by atoms with van der Waals surface area (Å²) < 4.78 is 22.6. The van der Waals surface area contributed by atoms with E-state index < -0.39 is 26.7 Å². The Balaban J connectivity index is 1.80. The number of nitrogens with zero attached hydrogens (tertiary/aromatic N) is 2. The number of rotatable bonds is 6. The molecule has 0 saturated heterocycles. The standard InChI is InChI=1S/C20H16ClN5O4S2/c1-11(18(27)24-14-6-8-15(9-7-14)32(23,29)30)31-20-25-17(16(10-22)19(28)26-20)12-2-4-13(21)5-3-12/h2-9,11H,1H3,(H,24,27)(H2,23,29,30)(H,25,26,28)/t11-/m0/s1. The molecule has 0 fully saturated rings. The van der Waals surface area contributed by atoms with Crippen molar-refractivity contribution in [3.63, 3.8) is 0 Å². The number of thioether (sulfide) groups is 1. The molecule has 1 heterocycles. The Morgan fingerprint density at radius 1 is 1.22 bits per heavy atom. The number of primary sulfonamides is 1. The van der Waals surface area contributed by atoms with E-state index in [0.29, 0.717) is 16.3 Å². The van der Waals surface area contributed by atoms with E-state index in [2.05, 4.69) is 15.3 Å². The lowest BCUT2D eigenvalue weighted by Gasteiger charge is -2.13. The maximum Gasteiger partial charge on any atom is 0.270 e. The van der Waals surface area contributed by atoms with E-state index in [1.165, 1.54) is 24.3 Å². The second kappa shape index (κ2) is 9.54. The fourth-order valence-electron chi connectivity index (χ4n) is 2.62. The van der Waals surface area contributed by atoms with Crippen LogP contribution in [0.4, 0.5) is 5.69 Å². The number of anilines is 1. The highest BCUT2D eigenvalue weighted by Crippen LogP contribution is 2.26. The fraction of sp³-hybridized carbons (Fsp3) is 0.100. The summed E-state index contributed by atoms with van der Waals surface area (Å²) in [4.78, 5) is 31.7. The molecule has 0 radical (unpaired) electrons. The predicted octanol–water partition coefficient (Wildman–Crippen LogP) is 2.73. The maximum absolute atomic E-state index is 12.5. The Morgan fingerprint density at radius 2 is 1.84 bits per heavy atom. The smallest absolute Gasteiger partial charge is 0.270 e. The quantitative estimate of drug-likeness (QED) is 0.354. The van der Waals surface area contributed by atoms with Gasteiger partial charge in [0.2, 0.25) is 15.9 Å². The van der Waals surface area contributed by atoms with Gasteiger partial charge in [0.1, 0.15) is 11.6 Å². The molecule has 32 heavy (non-hydrogen) atoms. The molecule has 0 aliphatic carbocycles. The Morgan fingerprint density at radius 3 is 2.41 bits per heavy atom. The van der Waals surface area contributed by atoms with E-state index in [4.69, 9.17) is 16.7 Å². The summed E-state index contributed by atoms with van der Waals surface area (Å²) >= 11 is 6.89. The zero-order valence-electron chi connectivity index (χ0n) is 16.5. The monoisotopic (exact) mass is 489 g/mol. The summed E-state index contributed by atoms with van der Waals surface area (Å²) in [5.41, 5.74) is 0.315. The second-order valence-corrected chi connectivity index (χ2v) is 9.86. The molecular weight excluding hydrogens is 474 g/mol. The van der Waals surface area contributed by atoms with E-state index in [0.717, 1.165) is 11.8 Å². The van der Waals surface area contributed by atoms with Crippen molar-refractivity contribution >= 4 is 45.0 Å². The average Bonchev–Trinajstić information content (AvgIpc) is 2.73. The summed E-state index contributed by atoms with van der Waals surface area (Å²) in [6, 6.07) is 13.7. The summed E-state index contributed by atoms with van der Waals surface area (Å²) in [5, 5.41) is 17.0. The molecule has 0 aliphatic rings. The predicted molar refractivity (Wildman–Crippen MR) is 122 cm³/mol. The first kappa shape index (κ1) is 23.5. The highest BCUT2D eigenvalue weighted by atomic mass is 35.5. The third-order valence-electron chi connectivity index (χ3n) is 4.24. The van der Waals surface area contributed by atoms with Crippen LogP contribution in [-0.2, 0) is 14.8 Å². The van der Waals surface area contributed by atoms with Gasteiger partial charge in [-0.1, -0.05) is 35.5 Å². The highest BCUT2D eigenvalue weighted by Gasteiger charge is 2.19. The van der Waals surface area contributed by atoms with Crippen LogP contribution in [0.1, 0.15) is 12.5 Å². The molecule has 12 heteroatoms. The number of sulfonamides is 1. The molecule has 0 spiro atoms. The van der Waals surface area contributed by atoms with Crippen LogP contribution in [0.25, 0.3) is 11.3 Å². The summed E-state index contributed by atoms with van der Waals surface area (Å²) in [6.45, 7) is 1.61. The fourth-order valence-corrected chi connectivity index (χ4v) is 4.06. The maximum atomic E-state index is 12.5. The molecule has 3 rings (SSSR count). The number of hydrogen-bond acceptors (Lipinski definition) is 7. The number of nitrogens with one attached hydrogen (secondary N) is 2. The lowest BCUT2D eigenvalue weighted by molar-refractivity contribution is -0.115. The first-order valence-corrected chi connectivity index (χ1v) is 11.8. The van der Waals surface area contributed by atoms with Crippen LogP contribution in [0.3, 0.4) is 0 Å². The summed E-state index contributed by atoms with van der Waals surface area (Å²) in [6.07, 6.45) is 0. The number of carbonyl (C=O) groups is 1. The van der Waals surface area contributed by atoms with Crippen molar-refractivity contribution in [1.82, 2.24) is 9.97 Å². The molecule has 0 saturated carbocycles. The molecule has 1 aromatic heterocycles. The molecule has 4 N–H and O–H groups in total. The molecule has 1 amide bonds. The molecule has 0 aliphatic heterocycles. The van der Waals surface area contributed by atoms with E-state index in [-0.39, 0.29) is 21.3 Å². The normalized spacial score (nSPS) is 12.1. The SMILES string of the molecule is C[C@H](Sc1nc(-c2ccc(Cl)cc2)c(C#N)c(=O)[nH]1)C(=O)Nc1ccc(S(N)(=O)=O)cc1. The van der Waals surface area contributed by atoms with E-state index in [9.17, 15) is 23.3 Å². The first-order valence-electron chi connectivity index (χ1n) is 8.99. The highest BCUT2D eigenvalue weighted by molar-refractivity contribution is 8.00. The summed E-state index contributed by atoms with van der Waals surface area (Å²) in [7, 11) is -3.83. The largest absolute Gasteiger partial charge is 0.325 e. The van der Waals surface area contributed by atoms with Gasteiger partial charge in [0.25, 0.3) is 5.56 Å². The number of H-pyrrole nitrogens is 1. The van der Waals surface area contributed by atoms with Crippen LogP contribution >= 0.6 is 23.4 Å². The van der Waals surface area contributed by atoms with Crippen LogP contribution < -0.4 is 16.0 Å². The van der Waals surface area contributed by atoms with E-state index >= 15 is 0 Å². The number of hydrogen-bond donors (Lipinski definition) is 3. The number of nitrogens with two attached hydrogens (primary N) is 1. The zero-order chi connectivity index (χ0) is 23.5. The van der Waals surface area contributed by atoms with Crippen molar-refractivity contribution in [1.29, 1.82) is 5.26 Å². The van der Waals surface area contributed by atoms with Gasteiger partial charge in [-0.2, -0.15) is 5.26 Å². The van der Waals surface area contributed by atoms with Gasteiger partial charge in [-0.15, -0.1) is 0 Å². The van der Waals surface area contributed by atoms with Crippen molar-refractivity contribution in [3.05, 3.63) is 69.5 Å². The minimum Gasteiger partial charge on any atom is -0.325 e.